The first-order valence-corrected chi connectivity index (χ1v) is 7.40. The number of hydrogen-bond acceptors (Lipinski definition) is 2. The van der Waals surface area contributed by atoms with Crippen molar-refractivity contribution in [2.45, 2.75) is 25.4 Å². The van der Waals surface area contributed by atoms with E-state index in [9.17, 15) is 4.39 Å². The second-order valence-corrected chi connectivity index (χ2v) is 6.02. The summed E-state index contributed by atoms with van der Waals surface area (Å²) in [6.07, 6.45) is 1.97. The molecule has 3 heteroatoms. The van der Waals surface area contributed by atoms with Crippen molar-refractivity contribution in [1.82, 2.24) is 4.90 Å². The van der Waals surface area contributed by atoms with Crippen molar-refractivity contribution in [3.63, 3.8) is 0 Å². The molecule has 0 saturated heterocycles. The molecular formula is C18H21FN2. The summed E-state index contributed by atoms with van der Waals surface area (Å²) in [5, 5.41) is 3.59. The van der Waals surface area contributed by atoms with Gasteiger partial charge in [0.15, 0.2) is 0 Å². The molecule has 2 nitrogen and oxygen atoms in total. The normalized spacial score (nSPS) is 17.0. The molecular weight excluding hydrogens is 263 g/mol. The zero-order valence-electron chi connectivity index (χ0n) is 12.6. The maximum Gasteiger partial charge on any atom is 0.123 e. The van der Waals surface area contributed by atoms with E-state index in [4.69, 9.17) is 0 Å². The second kappa shape index (κ2) is 5.86. The Balaban J connectivity index is 1.77. The third-order valence-corrected chi connectivity index (χ3v) is 3.95. The van der Waals surface area contributed by atoms with Gasteiger partial charge in [0.1, 0.15) is 5.82 Å². The molecule has 0 fully saturated rings. The molecule has 0 bridgehead atoms. The molecule has 1 N–H and O–H groups in total. The van der Waals surface area contributed by atoms with Crippen LogP contribution >= 0.6 is 0 Å². The van der Waals surface area contributed by atoms with Gasteiger partial charge in [-0.3, -0.25) is 0 Å². The third kappa shape index (κ3) is 3.24. The number of nitrogens with zero attached hydrogens (tertiary/aromatic N) is 1. The highest BCUT2D eigenvalue weighted by Gasteiger charge is 2.22. The minimum absolute atomic E-state index is 0.137. The topological polar surface area (TPSA) is 15.3 Å². The van der Waals surface area contributed by atoms with E-state index < -0.39 is 0 Å². The zero-order valence-corrected chi connectivity index (χ0v) is 12.6. The van der Waals surface area contributed by atoms with Gasteiger partial charge in [-0.05, 0) is 67.9 Å². The lowest BCUT2D eigenvalue weighted by Gasteiger charge is -2.17. The van der Waals surface area contributed by atoms with Crippen LogP contribution < -0.4 is 5.32 Å². The van der Waals surface area contributed by atoms with Gasteiger partial charge in [0.25, 0.3) is 0 Å². The zero-order chi connectivity index (χ0) is 14.8. The van der Waals surface area contributed by atoms with Crippen LogP contribution in [0, 0.1) is 5.82 Å². The van der Waals surface area contributed by atoms with E-state index in [2.05, 4.69) is 48.6 Å². The molecule has 21 heavy (non-hydrogen) atoms. The van der Waals surface area contributed by atoms with E-state index in [1.54, 1.807) is 12.1 Å². The number of hydrogen-bond donors (Lipinski definition) is 1. The number of benzene rings is 2. The van der Waals surface area contributed by atoms with E-state index in [1.165, 1.54) is 11.1 Å². The summed E-state index contributed by atoms with van der Waals surface area (Å²) >= 11 is 0. The first-order chi connectivity index (χ1) is 10.1. The van der Waals surface area contributed by atoms with Gasteiger partial charge < -0.3 is 10.2 Å². The maximum atomic E-state index is 13.3. The Bertz CT molecular complexity index is 637. The largest absolute Gasteiger partial charge is 0.378 e. The van der Waals surface area contributed by atoms with Crippen LogP contribution in [0.2, 0.25) is 0 Å². The Morgan fingerprint density at radius 1 is 1.19 bits per heavy atom. The molecule has 1 aliphatic carbocycles. The van der Waals surface area contributed by atoms with Gasteiger partial charge >= 0.3 is 0 Å². The van der Waals surface area contributed by atoms with Crippen LogP contribution in [0.15, 0.2) is 42.5 Å². The highest BCUT2D eigenvalue weighted by molar-refractivity contribution is 5.50. The smallest absolute Gasteiger partial charge is 0.123 e. The van der Waals surface area contributed by atoms with Gasteiger partial charge in [-0.1, -0.05) is 18.2 Å². The van der Waals surface area contributed by atoms with Crippen LogP contribution in [0.1, 0.15) is 29.2 Å². The summed E-state index contributed by atoms with van der Waals surface area (Å²) < 4.78 is 13.3. The molecule has 0 radical (unpaired) electrons. The molecule has 0 amide bonds. The first-order valence-electron chi connectivity index (χ1n) is 7.40. The molecule has 110 valence electrons. The van der Waals surface area contributed by atoms with Crippen molar-refractivity contribution in [3.8, 4) is 0 Å². The maximum absolute atomic E-state index is 13.3. The van der Waals surface area contributed by atoms with Gasteiger partial charge in [-0.25, -0.2) is 4.39 Å². The van der Waals surface area contributed by atoms with Crippen molar-refractivity contribution >= 4 is 5.69 Å². The molecule has 0 spiro atoms. The summed E-state index contributed by atoms with van der Waals surface area (Å²) in [4.78, 5) is 2.16. The lowest BCUT2D eigenvalue weighted by molar-refractivity contribution is 0.402. The molecule has 2 aromatic rings. The van der Waals surface area contributed by atoms with Crippen LogP contribution in [-0.2, 0) is 13.0 Å². The van der Waals surface area contributed by atoms with Crippen LogP contribution in [0.25, 0.3) is 0 Å². The number of fused-ring (bicyclic) bond motifs is 1. The van der Waals surface area contributed by atoms with Crippen molar-refractivity contribution in [3.05, 3.63) is 65.0 Å². The number of anilines is 1. The first kappa shape index (κ1) is 14.1. The molecule has 0 aliphatic heterocycles. The van der Waals surface area contributed by atoms with Crippen molar-refractivity contribution in [1.29, 1.82) is 0 Å². The third-order valence-electron chi connectivity index (χ3n) is 3.95. The van der Waals surface area contributed by atoms with Crippen molar-refractivity contribution in [2.24, 2.45) is 0 Å². The van der Waals surface area contributed by atoms with Gasteiger partial charge in [-0.2, -0.15) is 0 Å². The molecule has 0 saturated carbocycles. The SMILES string of the molecule is CN(C)Cc1cccc(NC2CCc3cc(F)ccc32)c1. The fraction of sp³-hybridized carbons (Fsp3) is 0.333. The monoisotopic (exact) mass is 284 g/mol. The van der Waals surface area contributed by atoms with E-state index >= 15 is 0 Å². The highest BCUT2D eigenvalue weighted by Crippen LogP contribution is 2.34. The van der Waals surface area contributed by atoms with Crippen LogP contribution in [0.5, 0.6) is 0 Å². The van der Waals surface area contributed by atoms with Gasteiger partial charge in [0, 0.05) is 12.2 Å². The quantitative estimate of drug-likeness (QED) is 0.913. The number of rotatable bonds is 4. The molecule has 2 aromatic carbocycles. The number of aryl methyl sites for hydroxylation is 1. The average Bonchev–Trinajstić information content (AvgIpc) is 2.80. The van der Waals surface area contributed by atoms with Crippen LogP contribution in [0.3, 0.4) is 0 Å². The lowest BCUT2D eigenvalue weighted by atomic mass is 10.1. The highest BCUT2D eigenvalue weighted by atomic mass is 19.1. The molecule has 1 unspecified atom stereocenters. The standard InChI is InChI=1S/C18H21FN2/c1-21(2)12-13-4-3-5-16(10-13)20-18-9-6-14-11-15(19)7-8-17(14)18/h3-5,7-8,10-11,18,20H,6,9,12H2,1-2H3. The summed E-state index contributed by atoms with van der Waals surface area (Å²) in [5.41, 5.74) is 4.80. The van der Waals surface area contributed by atoms with E-state index in [1.807, 2.05) is 6.07 Å². The number of halogens is 1. The van der Waals surface area contributed by atoms with Gasteiger partial charge in [0.2, 0.25) is 0 Å². The summed E-state index contributed by atoms with van der Waals surface area (Å²) in [6, 6.07) is 13.9. The van der Waals surface area contributed by atoms with E-state index in [0.29, 0.717) is 0 Å². The predicted molar refractivity (Wildman–Crippen MR) is 84.9 cm³/mol. The lowest BCUT2D eigenvalue weighted by Crippen LogP contribution is -2.11. The van der Waals surface area contributed by atoms with Crippen molar-refractivity contribution < 1.29 is 4.39 Å². The fourth-order valence-electron chi connectivity index (χ4n) is 3.06. The molecule has 0 heterocycles. The Hall–Kier alpha value is -1.87. The van der Waals surface area contributed by atoms with Crippen LogP contribution in [-0.4, -0.2) is 19.0 Å². The Morgan fingerprint density at radius 2 is 2.05 bits per heavy atom. The Morgan fingerprint density at radius 3 is 2.86 bits per heavy atom. The fourth-order valence-corrected chi connectivity index (χ4v) is 3.06. The molecule has 0 aromatic heterocycles. The van der Waals surface area contributed by atoms with E-state index in [-0.39, 0.29) is 11.9 Å². The van der Waals surface area contributed by atoms with Gasteiger partial charge in [-0.15, -0.1) is 0 Å². The minimum atomic E-state index is -0.137. The summed E-state index contributed by atoms with van der Waals surface area (Å²) in [5.74, 6) is -0.137. The minimum Gasteiger partial charge on any atom is -0.378 e. The number of nitrogens with one attached hydrogen (secondary N) is 1. The summed E-state index contributed by atoms with van der Waals surface area (Å²) in [6.45, 7) is 0.933. The predicted octanol–water partition coefficient (Wildman–Crippen LogP) is 3.99. The van der Waals surface area contributed by atoms with E-state index in [0.717, 1.165) is 30.6 Å². The Kier molecular flexibility index (Phi) is 3.93. The molecule has 3 rings (SSSR count). The van der Waals surface area contributed by atoms with Crippen molar-refractivity contribution in [2.75, 3.05) is 19.4 Å². The second-order valence-electron chi connectivity index (χ2n) is 6.02. The van der Waals surface area contributed by atoms with Gasteiger partial charge in [0.05, 0.1) is 6.04 Å². The Labute approximate surface area is 125 Å². The molecule has 1 atom stereocenters. The summed E-state index contributed by atoms with van der Waals surface area (Å²) in [7, 11) is 4.14. The van der Waals surface area contributed by atoms with Crippen LogP contribution in [0.4, 0.5) is 10.1 Å². The average molecular weight is 284 g/mol. The molecule has 1 aliphatic rings.